The van der Waals surface area contributed by atoms with Crippen LogP contribution >= 0.6 is 7.82 Å². The molecule has 0 bridgehead atoms. The van der Waals surface area contributed by atoms with Crippen molar-refractivity contribution in [2.24, 2.45) is 0 Å². The predicted molar refractivity (Wildman–Crippen MR) is 198 cm³/mol. The normalized spacial score (nSPS) is 11.2. The molecule has 0 atom stereocenters. The topological polar surface area (TPSA) is 87.5 Å². The summed E-state index contributed by atoms with van der Waals surface area (Å²) in [5.74, 6) is 0. The fourth-order valence-electron chi connectivity index (χ4n) is 4.69. The zero-order chi connectivity index (χ0) is 34.3. The molecule has 0 spiro atoms. The Morgan fingerprint density at radius 3 is 0.614 bits per heavy atom. The molecule has 0 aromatic heterocycles. The predicted octanol–water partition coefficient (Wildman–Crippen LogP) is 10.1. The molecule has 0 aromatic carbocycles. The molecule has 0 unspecified atom stereocenters. The van der Waals surface area contributed by atoms with E-state index in [2.05, 4.69) is 77.8 Å². The van der Waals surface area contributed by atoms with Gasteiger partial charge in [0.15, 0.2) is 0 Å². The van der Waals surface area contributed by atoms with Crippen LogP contribution in [0.2, 0.25) is 0 Å². The highest BCUT2D eigenvalue weighted by molar-refractivity contribution is 7.45. The Hall–Kier alpha value is -0.0100. The van der Waals surface area contributed by atoms with Crippen LogP contribution in [0.5, 0.6) is 0 Å². The van der Waals surface area contributed by atoms with Gasteiger partial charge < -0.3 is 29.4 Å². The third kappa shape index (κ3) is 78.4. The van der Waals surface area contributed by atoms with E-state index in [0.717, 1.165) is 0 Å². The van der Waals surface area contributed by atoms with E-state index in [9.17, 15) is 0 Å². The van der Waals surface area contributed by atoms with E-state index in [-0.39, 0.29) is 0 Å². The number of hydrogen-bond donors (Lipinski definition) is 3. The second-order valence-electron chi connectivity index (χ2n) is 13.3. The largest absolute Gasteiger partial charge is 0.466 e. The van der Waals surface area contributed by atoms with Crippen molar-refractivity contribution in [3.05, 3.63) is 0 Å². The Kier molecular flexibility index (Phi) is 49.7. The van der Waals surface area contributed by atoms with Crippen molar-refractivity contribution < 1.29 is 19.2 Å². The molecule has 0 saturated heterocycles. The molecule has 0 heterocycles. The van der Waals surface area contributed by atoms with E-state index in [1.54, 1.807) is 0 Å². The van der Waals surface area contributed by atoms with Crippen molar-refractivity contribution in [2.75, 3.05) is 61.9 Å². The van der Waals surface area contributed by atoms with Crippen LogP contribution in [0.15, 0.2) is 0 Å². The number of rotatable bonds is 27. The number of unbranched alkanes of at least 4 members (excludes halogenated alkanes) is 21. The molecule has 0 saturated carbocycles. The van der Waals surface area contributed by atoms with E-state index in [4.69, 9.17) is 19.2 Å². The van der Waals surface area contributed by atoms with E-state index < -0.39 is 7.82 Å². The summed E-state index contributed by atoms with van der Waals surface area (Å²) in [6, 6.07) is 0. The van der Waals surface area contributed by atoms with E-state index in [1.807, 2.05) is 0 Å². The summed E-state index contributed by atoms with van der Waals surface area (Å²) in [7, 11) is 8.29. The maximum Gasteiger partial charge on any atom is 0.466 e. The molecule has 3 N–H and O–H groups in total. The minimum absolute atomic E-state index is 1.26. The van der Waals surface area contributed by atoms with Crippen molar-refractivity contribution in [2.45, 2.75) is 175 Å². The van der Waals surface area contributed by atoms with Gasteiger partial charge in [-0.05, 0) is 81.2 Å². The maximum absolute atomic E-state index is 8.88. The molecule has 0 aliphatic carbocycles. The van der Waals surface area contributed by atoms with Gasteiger partial charge in [-0.15, -0.1) is 0 Å². The van der Waals surface area contributed by atoms with Gasteiger partial charge in [0.05, 0.1) is 0 Å². The Balaban J connectivity index is -0.000000253. The van der Waals surface area contributed by atoms with Gasteiger partial charge in [0.1, 0.15) is 0 Å². The maximum atomic E-state index is 8.88. The Morgan fingerprint density at radius 2 is 0.477 bits per heavy atom. The minimum atomic E-state index is -4.64. The number of nitrogens with zero attached hydrogens (tertiary/aromatic N) is 3. The quantitative estimate of drug-likeness (QED) is 0.0601. The Bertz CT molecular complexity index is 466. The molecule has 0 aliphatic heterocycles. The van der Waals surface area contributed by atoms with Gasteiger partial charge in [-0.3, -0.25) is 0 Å². The smallest absolute Gasteiger partial charge is 0.309 e. The lowest BCUT2D eigenvalue weighted by Gasteiger charge is -2.08. The minimum Gasteiger partial charge on any atom is -0.309 e. The van der Waals surface area contributed by atoms with E-state index in [0.29, 0.717) is 0 Å². The van der Waals surface area contributed by atoms with Crippen LogP contribution in [0, 0.1) is 0 Å². The third-order valence-electron chi connectivity index (χ3n) is 7.38. The first-order valence-electron chi connectivity index (χ1n) is 18.5. The molecule has 44 heavy (non-hydrogen) atoms. The van der Waals surface area contributed by atoms with Crippen molar-refractivity contribution in [1.29, 1.82) is 0 Å². The highest BCUT2D eigenvalue weighted by atomic mass is 31.2. The summed E-state index contributed by atoms with van der Waals surface area (Å²) in [5, 5.41) is 0. The van der Waals surface area contributed by atoms with Crippen molar-refractivity contribution in [3.63, 3.8) is 0 Å². The molecule has 7 nitrogen and oxygen atoms in total. The highest BCUT2D eigenvalue weighted by Gasteiger charge is 2.00. The fraction of sp³-hybridized carbons (Fsp3) is 1.00. The van der Waals surface area contributed by atoms with Gasteiger partial charge in [-0.1, -0.05) is 156 Å². The van der Waals surface area contributed by atoms with Crippen LogP contribution in [-0.2, 0) is 4.57 Å². The lowest BCUT2D eigenvalue weighted by atomic mass is 10.1. The van der Waals surface area contributed by atoms with Crippen LogP contribution in [0.3, 0.4) is 0 Å². The third-order valence-corrected chi connectivity index (χ3v) is 7.38. The van der Waals surface area contributed by atoms with Gasteiger partial charge in [0.2, 0.25) is 0 Å². The molecule has 0 radical (unpaired) electrons. The van der Waals surface area contributed by atoms with Crippen molar-refractivity contribution >= 4 is 7.82 Å². The zero-order valence-corrected chi connectivity index (χ0v) is 32.5. The van der Waals surface area contributed by atoms with Crippen LogP contribution in [0.4, 0.5) is 0 Å². The molecule has 0 aliphatic rings. The highest BCUT2D eigenvalue weighted by Crippen LogP contribution is 2.25. The summed E-state index contributed by atoms with van der Waals surface area (Å²) in [4.78, 5) is 28.4. The molecular formula is C36H84N3O4P. The molecule has 0 aromatic rings. The molecule has 0 fully saturated rings. The van der Waals surface area contributed by atoms with Crippen molar-refractivity contribution in [3.8, 4) is 0 Å². The summed E-state index contributed by atoms with van der Waals surface area (Å²) in [5.41, 5.74) is 0. The average molecular weight is 654 g/mol. The van der Waals surface area contributed by atoms with Crippen LogP contribution in [0.1, 0.15) is 175 Å². The molecule has 8 heteroatoms. The second kappa shape index (κ2) is 43.0. The van der Waals surface area contributed by atoms with Crippen LogP contribution in [-0.4, -0.2) is 91.3 Å². The Labute approximate surface area is 278 Å². The zero-order valence-electron chi connectivity index (χ0n) is 31.6. The molecule has 272 valence electrons. The summed E-state index contributed by atoms with van der Waals surface area (Å²) in [6.45, 7) is 10.6. The Morgan fingerprint density at radius 1 is 0.341 bits per heavy atom. The SMILES string of the molecule is CCCCCCCCCCN(C)C.CCCCCCCCCCN(C)C.CCCCCCCCCCN(C)C.O=P(O)(O)O. The first-order chi connectivity index (χ1) is 20.8. The van der Waals surface area contributed by atoms with Gasteiger partial charge in [-0.2, -0.15) is 0 Å². The van der Waals surface area contributed by atoms with E-state index in [1.165, 1.54) is 174 Å². The number of phosphoric acid groups is 1. The van der Waals surface area contributed by atoms with Gasteiger partial charge in [0.25, 0.3) is 0 Å². The number of hydrogen-bond acceptors (Lipinski definition) is 4. The van der Waals surface area contributed by atoms with Gasteiger partial charge in [-0.25, -0.2) is 4.57 Å². The standard InChI is InChI=1S/3C12H27N.H3O4P/c3*1-4-5-6-7-8-9-10-11-12-13(2)3;1-5(2,3)4/h3*4-12H2,1-3H3;(H3,1,2,3,4). The first-order valence-corrected chi connectivity index (χ1v) is 20.1. The summed E-state index contributed by atoms with van der Waals surface area (Å²) < 4.78 is 8.88. The fourth-order valence-corrected chi connectivity index (χ4v) is 4.69. The molecule has 0 amide bonds. The lowest BCUT2D eigenvalue weighted by Crippen LogP contribution is -2.12. The van der Waals surface area contributed by atoms with Crippen LogP contribution in [0.25, 0.3) is 0 Å². The summed E-state index contributed by atoms with van der Waals surface area (Å²) >= 11 is 0. The monoisotopic (exact) mass is 654 g/mol. The first kappa shape index (κ1) is 50.8. The van der Waals surface area contributed by atoms with Crippen molar-refractivity contribution in [1.82, 2.24) is 14.7 Å². The average Bonchev–Trinajstić information content (AvgIpc) is 2.92. The van der Waals surface area contributed by atoms with Gasteiger partial charge in [0, 0.05) is 0 Å². The second-order valence-corrected chi connectivity index (χ2v) is 14.4. The van der Waals surface area contributed by atoms with Crippen LogP contribution < -0.4 is 0 Å². The summed E-state index contributed by atoms with van der Waals surface area (Å²) in [6.07, 6.45) is 34.1. The van der Waals surface area contributed by atoms with E-state index >= 15 is 0 Å². The van der Waals surface area contributed by atoms with Gasteiger partial charge >= 0.3 is 7.82 Å². The molecule has 0 rings (SSSR count). The molecular weight excluding hydrogens is 569 g/mol. The lowest BCUT2D eigenvalue weighted by molar-refractivity contribution is 0.275.